The standard InChI is InChI=1S/C14H25N5/c1-2-19-13(15-12-17-19)10-18-9-5-8-16-14(11-18)6-3-4-7-14/h12,16H,2-11H2,1H3. The third kappa shape index (κ3) is 2.82. The molecule has 0 aromatic carbocycles. The van der Waals surface area contributed by atoms with Crippen molar-refractivity contribution in [3.05, 3.63) is 12.2 Å². The van der Waals surface area contributed by atoms with Crippen molar-refractivity contribution >= 4 is 0 Å². The van der Waals surface area contributed by atoms with E-state index in [9.17, 15) is 0 Å². The summed E-state index contributed by atoms with van der Waals surface area (Å²) < 4.78 is 2.01. The van der Waals surface area contributed by atoms with Crippen molar-refractivity contribution in [3.63, 3.8) is 0 Å². The molecule has 1 aromatic rings. The fourth-order valence-electron chi connectivity index (χ4n) is 3.62. The molecule has 2 heterocycles. The van der Waals surface area contributed by atoms with Gasteiger partial charge in [0, 0.05) is 18.6 Å². The second kappa shape index (κ2) is 5.59. The molecule has 1 spiro atoms. The molecule has 19 heavy (non-hydrogen) atoms. The van der Waals surface area contributed by atoms with Gasteiger partial charge in [-0.25, -0.2) is 9.67 Å². The molecular formula is C14H25N5. The number of hydrogen-bond acceptors (Lipinski definition) is 4. The summed E-state index contributed by atoms with van der Waals surface area (Å²) in [6, 6.07) is 0. The van der Waals surface area contributed by atoms with Crippen LogP contribution in [-0.2, 0) is 13.1 Å². The van der Waals surface area contributed by atoms with Crippen molar-refractivity contribution in [1.29, 1.82) is 0 Å². The van der Waals surface area contributed by atoms with E-state index in [0.717, 1.165) is 25.5 Å². The molecule has 1 aliphatic heterocycles. The van der Waals surface area contributed by atoms with Gasteiger partial charge in [-0.15, -0.1) is 0 Å². The molecule has 0 radical (unpaired) electrons. The van der Waals surface area contributed by atoms with Crippen LogP contribution in [0.4, 0.5) is 0 Å². The third-order valence-corrected chi connectivity index (χ3v) is 4.60. The molecule has 1 N–H and O–H groups in total. The average Bonchev–Trinajstić information content (AvgIpc) is 2.99. The highest BCUT2D eigenvalue weighted by Gasteiger charge is 2.36. The minimum atomic E-state index is 0.383. The zero-order chi connectivity index (χ0) is 13.1. The van der Waals surface area contributed by atoms with E-state index in [1.165, 1.54) is 45.2 Å². The molecule has 2 aliphatic rings. The molecule has 0 unspecified atom stereocenters. The van der Waals surface area contributed by atoms with Gasteiger partial charge in [-0.05, 0) is 39.3 Å². The van der Waals surface area contributed by atoms with Gasteiger partial charge in [0.25, 0.3) is 0 Å². The van der Waals surface area contributed by atoms with E-state index in [1.807, 2.05) is 4.68 Å². The molecular weight excluding hydrogens is 238 g/mol. The first-order valence-corrected chi connectivity index (χ1v) is 7.65. The van der Waals surface area contributed by atoms with Gasteiger partial charge in [-0.2, -0.15) is 5.10 Å². The van der Waals surface area contributed by atoms with Gasteiger partial charge in [-0.1, -0.05) is 12.8 Å². The maximum atomic E-state index is 4.42. The van der Waals surface area contributed by atoms with Crippen molar-refractivity contribution in [3.8, 4) is 0 Å². The third-order valence-electron chi connectivity index (χ3n) is 4.60. The quantitative estimate of drug-likeness (QED) is 0.895. The summed E-state index contributed by atoms with van der Waals surface area (Å²) in [6.45, 7) is 7.48. The highest BCUT2D eigenvalue weighted by Crippen LogP contribution is 2.31. The number of nitrogens with one attached hydrogen (secondary N) is 1. The van der Waals surface area contributed by atoms with Crippen molar-refractivity contribution < 1.29 is 0 Å². The van der Waals surface area contributed by atoms with Crippen LogP contribution in [-0.4, -0.2) is 44.8 Å². The fourth-order valence-corrected chi connectivity index (χ4v) is 3.62. The minimum Gasteiger partial charge on any atom is -0.310 e. The molecule has 106 valence electrons. The lowest BCUT2D eigenvalue weighted by Crippen LogP contribution is -2.49. The lowest BCUT2D eigenvalue weighted by atomic mass is 9.97. The van der Waals surface area contributed by atoms with Crippen LogP contribution >= 0.6 is 0 Å². The highest BCUT2D eigenvalue weighted by atomic mass is 15.3. The Balaban J connectivity index is 1.69. The number of aromatic nitrogens is 3. The zero-order valence-electron chi connectivity index (χ0n) is 11.9. The second-order valence-corrected chi connectivity index (χ2v) is 5.97. The van der Waals surface area contributed by atoms with Crippen molar-refractivity contribution in [2.75, 3.05) is 19.6 Å². The van der Waals surface area contributed by atoms with Gasteiger partial charge < -0.3 is 5.32 Å². The van der Waals surface area contributed by atoms with Crippen LogP contribution < -0.4 is 5.32 Å². The van der Waals surface area contributed by atoms with Gasteiger partial charge in [0.15, 0.2) is 0 Å². The summed E-state index contributed by atoms with van der Waals surface area (Å²) in [4.78, 5) is 6.99. The summed E-state index contributed by atoms with van der Waals surface area (Å²) >= 11 is 0. The van der Waals surface area contributed by atoms with E-state index in [0.29, 0.717) is 5.54 Å². The first-order chi connectivity index (χ1) is 9.31. The fraction of sp³-hybridized carbons (Fsp3) is 0.857. The number of aryl methyl sites for hydroxylation is 1. The first-order valence-electron chi connectivity index (χ1n) is 7.65. The Morgan fingerprint density at radius 2 is 2.16 bits per heavy atom. The van der Waals surface area contributed by atoms with E-state index in [-0.39, 0.29) is 0 Å². The SMILES string of the molecule is CCn1ncnc1CN1CCCNC2(CCCC2)C1. The molecule has 5 heteroatoms. The molecule has 1 saturated heterocycles. The summed E-state index contributed by atoms with van der Waals surface area (Å²) in [5.74, 6) is 1.11. The molecule has 1 saturated carbocycles. The van der Waals surface area contributed by atoms with E-state index >= 15 is 0 Å². The molecule has 3 rings (SSSR count). The van der Waals surface area contributed by atoms with Crippen LogP contribution in [0, 0.1) is 0 Å². The average molecular weight is 263 g/mol. The summed E-state index contributed by atoms with van der Waals surface area (Å²) in [6.07, 6.45) is 8.36. The van der Waals surface area contributed by atoms with Gasteiger partial charge in [0.1, 0.15) is 12.2 Å². The van der Waals surface area contributed by atoms with E-state index in [4.69, 9.17) is 0 Å². The van der Waals surface area contributed by atoms with Gasteiger partial charge in [0.05, 0.1) is 6.54 Å². The van der Waals surface area contributed by atoms with Crippen LogP contribution in [0.15, 0.2) is 6.33 Å². The lowest BCUT2D eigenvalue weighted by Gasteiger charge is -2.33. The van der Waals surface area contributed by atoms with Crippen LogP contribution in [0.3, 0.4) is 0 Å². The Kier molecular flexibility index (Phi) is 3.84. The summed E-state index contributed by atoms with van der Waals surface area (Å²) in [5, 5.41) is 8.09. The van der Waals surface area contributed by atoms with Crippen molar-refractivity contribution in [1.82, 2.24) is 25.0 Å². The predicted molar refractivity (Wildman–Crippen MR) is 74.8 cm³/mol. The highest BCUT2D eigenvalue weighted by molar-refractivity contribution is 4.98. The molecule has 1 aromatic heterocycles. The lowest BCUT2D eigenvalue weighted by molar-refractivity contribution is 0.197. The second-order valence-electron chi connectivity index (χ2n) is 5.97. The van der Waals surface area contributed by atoms with Gasteiger partial charge in [-0.3, -0.25) is 4.90 Å². The normalized spacial score (nSPS) is 23.8. The Morgan fingerprint density at radius 3 is 2.95 bits per heavy atom. The molecule has 0 atom stereocenters. The molecule has 5 nitrogen and oxygen atoms in total. The summed E-state index contributed by atoms with van der Waals surface area (Å²) in [7, 11) is 0. The van der Waals surface area contributed by atoms with E-state index in [1.54, 1.807) is 6.33 Å². The molecule has 2 fully saturated rings. The topological polar surface area (TPSA) is 46.0 Å². The Hall–Kier alpha value is -0.940. The zero-order valence-corrected chi connectivity index (χ0v) is 11.9. The van der Waals surface area contributed by atoms with Crippen LogP contribution in [0.1, 0.15) is 44.9 Å². The monoisotopic (exact) mass is 263 g/mol. The number of rotatable bonds is 3. The predicted octanol–water partition coefficient (Wildman–Crippen LogP) is 1.41. The maximum Gasteiger partial charge on any atom is 0.140 e. The van der Waals surface area contributed by atoms with Crippen LogP contribution in [0.25, 0.3) is 0 Å². The Morgan fingerprint density at radius 1 is 1.32 bits per heavy atom. The maximum absolute atomic E-state index is 4.42. The van der Waals surface area contributed by atoms with Crippen LogP contribution in [0.2, 0.25) is 0 Å². The number of nitrogens with zero attached hydrogens (tertiary/aromatic N) is 4. The minimum absolute atomic E-state index is 0.383. The van der Waals surface area contributed by atoms with E-state index < -0.39 is 0 Å². The summed E-state index contributed by atoms with van der Waals surface area (Å²) in [5.41, 5.74) is 0.383. The first kappa shape index (κ1) is 13.1. The molecule has 1 aliphatic carbocycles. The Bertz CT molecular complexity index is 408. The Labute approximate surface area is 115 Å². The van der Waals surface area contributed by atoms with Gasteiger partial charge >= 0.3 is 0 Å². The smallest absolute Gasteiger partial charge is 0.140 e. The largest absolute Gasteiger partial charge is 0.310 e. The van der Waals surface area contributed by atoms with Crippen molar-refractivity contribution in [2.45, 2.75) is 57.7 Å². The number of hydrogen-bond donors (Lipinski definition) is 1. The van der Waals surface area contributed by atoms with Crippen LogP contribution in [0.5, 0.6) is 0 Å². The molecule has 0 amide bonds. The molecule has 0 bridgehead atoms. The van der Waals surface area contributed by atoms with Crippen molar-refractivity contribution in [2.24, 2.45) is 0 Å². The van der Waals surface area contributed by atoms with E-state index in [2.05, 4.69) is 27.2 Å². The van der Waals surface area contributed by atoms with Gasteiger partial charge in [0.2, 0.25) is 0 Å².